The van der Waals surface area contributed by atoms with Crippen LogP contribution >= 0.6 is 0 Å². The Kier molecular flexibility index (Phi) is 4.42. The van der Waals surface area contributed by atoms with Crippen LogP contribution in [-0.2, 0) is 22.5 Å². The van der Waals surface area contributed by atoms with E-state index in [0.29, 0.717) is 26.2 Å². The molecule has 0 spiro atoms. The van der Waals surface area contributed by atoms with Gasteiger partial charge in [-0.3, -0.25) is 4.79 Å². The van der Waals surface area contributed by atoms with Crippen molar-refractivity contribution in [2.75, 3.05) is 33.4 Å². The van der Waals surface area contributed by atoms with Gasteiger partial charge in [-0.05, 0) is 24.3 Å². The van der Waals surface area contributed by atoms with Crippen LogP contribution in [0.2, 0.25) is 0 Å². The minimum absolute atomic E-state index is 0.0541. The van der Waals surface area contributed by atoms with Crippen LogP contribution in [0.25, 0.3) is 11.4 Å². The number of nitrogens with one attached hydrogen (secondary N) is 2. The van der Waals surface area contributed by atoms with Crippen LogP contribution in [0.15, 0.2) is 24.3 Å². The number of carbonyl (C=O) groups excluding carboxylic acids is 1. The number of methoxy groups -OCH3 is 1. The molecule has 3 heterocycles. The van der Waals surface area contributed by atoms with Gasteiger partial charge < -0.3 is 24.7 Å². The van der Waals surface area contributed by atoms with Crippen LogP contribution < -0.4 is 10.1 Å². The van der Waals surface area contributed by atoms with Crippen LogP contribution in [0.1, 0.15) is 11.4 Å². The van der Waals surface area contributed by atoms with Crippen LogP contribution in [0.4, 0.5) is 0 Å². The molecule has 2 aliphatic rings. The molecular formula is C18H22N4O3. The highest BCUT2D eigenvalue weighted by atomic mass is 16.5. The number of hydrogen-bond donors (Lipinski definition) is 2. The average molecular weight is 342 g/mol. The number of morpholine rings is 1. The van der Waals surface area contributed by atoms with Gasteiger partial charge >= 0.3 is 0 Å². The fourth-order valence-corrected chi connectivity index (χ4v) is 3.30. The molecule has 7 heteroatoms. The fourth-order valence-electron chi connectivity index (χ4n) is 3.30. The number of hydrogen-bond acceptors (Lipinski definition) is 5. The molecule has 1 amide bonds. The highest BCUT2D eigenvalue weighted by Gasteiger charge is 2.30. The minimum Gasteiger partial charge on any atom is -0.497 e. The Labute approximate surface area is 146 Å². The van der Waals surface area contributed by atoms with E-state index in [9.17, 15) is 4.79 Å². The van der Waals surface area contributed by atoms with Crippen molar-refractivity contribution in [3.63, 3.8) is 0 Å². The Morgan fingerprint density at radius 1 is 1.36 bits per heavy atom. The summed E-state index contributed by atoms with van der Waals surface area (Å²) in [5, 5.41) is 3.21. The molecule has 0 bridgehead atoms. The third-order valence-corrected chi connectivity index (χ3v) is 4.71. The summed E-state index contributed by atoms with van der Waals surface area (Å²) in [7, 11) is 1.65. The van der Waals surface area contributed by atoms with Crippen molar-refractivity contribution in [3.05, 3.63) is 35.7 Å². The summed E-state index contributed by atoms with van der Waals surface area (Å²) in [6.07, 6.45) is 0.382. The Balaban J connectivity index is 1.49. The maximum Gasteiger partial charge on any atom is 0.253 e. The zero-order chi connectivity index (χ0) is 17.2. The Hall–Kier alpha value is -2.38. The molecule has 25 heavy (non-hydrogen) atoms. The zero-order valence-electron chi connectivity index (χ0n) is 14.2. The van der Waals surface area contributed by atoms with Crippen LogP contribution in [0.5, 0.6) is 5.75 Å². The fraction of sp³-hybridized carbons (Fsp3) is 0.444. The zero-order valence-corrected chi connectivity index (χ0v) is 14.2. The van der Waals surface area contributed by atoms with Gasteiger partial charge in [-0.15, -0.1) is 0 Å². The molecule has 0 unspecified atom stereocenters. The molecule has 132 valence electrons. The molecular weight excluding hydrogens is 320 g/mol. The summed E-state index contributed by atoms with van der Waals surface area (Å²) in [6.45, 7) is 3.21. The third kappa shape index (κ3) is 3.25. The summed E-state index contributed by atoms with van der Waals surface area (Å²) in [5.41, 5.74) is 3.06. The number of H-pyrrole nitrogens is 1. The van der Waals surface area contributed by atoms with Crippen molar-refractivity contribution in [2.24, 2.45) is 0 Å². The number of carbonyl (C=O) groups is 1. The maximum absolute atomic E-state index is 12.6. The van der Waals surface area contributed by atoms with Crippen molar-refractivity contribution in [3.8, 4) is 17.1 Å². The lowest BCUT2D eigenvalue weighted by Crippen LogP contribution is -2.50. The van der Waals surface area contributed by atoms with Crippen molar-refractivity contribution >= 4 is 5.91 Å². The molecule has 1 aromatic heterocycles. The molecule has 1 atom stereocenters. The summed E-state index contributed by atoms with van der Waals surface area (Å²) >= 11 is 0. The van der Waals surface area contributed by atoms with Crippen molar-refractivity contribution < 1.29 is 14.3 Å². The van der Waals surface area contributed by atoms with E-state index < -0.39 is 0 Å². The molecule has 1 fully saturated rings. The van der Waals surface area contributed by atoms with Crippen LogP contribution in [0, 0.1) is 0 Å². The van der Waals surface area contributed by atoms with Gasteiger partial charge in [0.05, 0.1) is 31.6 Å². The topological polar surface area (TPSA) is 79.5 Å². The molecule has 0 radical (unpaired) electrons. The number of aromatic amines is 1. The molecule has 4 rings (SSSR count). The standard InChI is InChI=1S/C18H22N4O3/c1-24-13-4-2-12(3-5-13)17-20-14-6-8-22(11-15(14)21-17)18(23)16-10-19-7-9-25-16/h2-5,16,19H,6-11H2,1H3,(H,20,21)/t16-/m1/s1. The number of imidazole rings is 1. The van der Waals surface area contributed by atoms with Crippen molar-refractivity contribution in [2.45, 2.75) is 19.1 Å². The monoisotopic (exact) mass is 342 g/mol. The first-order valence-corrected chi connectivity index (χ1v) is 8.58. The summed E-state index contributed by atoms with van der Waals surface area (Å²) in [5.74, 6) is 1.70. The first-order chi connectivity index (χ1) is 12.2. The van der Waals surface area contributed by atoms with E-state index in [4.69, 9.17) is 14.5 Å². The summed E-state index contributed by atoms with van der Waals surface area (Å²) in [6, 6.07) is 7.79. The lowest BCUT2D eigenvalue weighted by atomic mass is 10.1. The quantitative estimate of drug-likeness (QED) is 0.868. The number of ether oxygens (including phenoxy) is 2. The SMILES string of the molecule is COc1ccc(-c2nc3c([nH]2)CN(C(=O)[C@H]2CNCCO2)CC3)cc1. The normalized spacial score (nSPS) is 20.2. The highest BCUT2D eigenvalue weighted by Crippen LogP contribution is 2.25. The lowest BCUT2D eigenvalue weighted by Gasteiger charge is -2.31. The van der Waals surface area contributed by atoms with Crippen molar-refractivity contribution in [1.29, 1.82) is 0 Å². The van der Waals surface area contributed by atoms with Gasteiger partial charge in [0.2, 0.25) is 0 Å². The number of aromatic nitrogens is 2. The number of rotatable bonds is 3. The minimum atomic E-state index is -0.376. The van der Waals surface area contributed by atoms with Gasteiger partial charge in [0.25, 0.3) is 5.91 Å². The van der Waals surface area contributed by atoms with Crippen LogP contribution in [0.3, 0.4) is 0 Å². The second kappa shape index (κ2) is 6.85. The smallest absolute Gasteiger partial charge is 0.253 e. The van der Waals surface area contributed by atoms with E-state index >= 15 is 0 Å². The predicted molar refractivity (Wildman–Crippen MR) is 92.3 cm³/mol. The lowest BCUT2D eigenvalue weighted by molar-refractivity contribution is -0.146. The van der Waals surface area contributed by atoms with E-state index in [0.717, 1.165) is 41.5 Å². The first-order valence-electron chi connectivity index (χ1n) is 8.58. The maximum atomic E-state index is 12.6. The van der Waals surface area contributed by atoms with E-state index in [1.54, 1.807) is 7.11 Å². The molecule has 1 aromatic carbocycles. The van der Waals surface area contributed by atoms with Crippen molar-refractivity contribution in [1.82, 2.24) is 20.2 Å². The Morgan fingerprint density at radius 3 is 2.92 bits per heavy atom. The van der Waals surface area contributed by atoms with Gasteiger partial charge in [0.1, 0.15) is 17.7 Å². The predicted octanol–water partition coefficient (Wildman–Crippen LogP) is 0.958. The molecule has 2 N–H and O–H groups in total. The van der Waals surface area contributed by atoms with E-state index in [1.807, 2.05) is 29.2 Å². The molecule has 1 saturated heterocycles. The van der Waals surface area contributed by atoms with Crippen LogP contribution in [-0.4, -0.2) is 60.2 Å². The molecule has 7 nitrogen and oxygen atoms in total. The van der Waals surface area contributed by atoms with E-state index in [2.05, 4.69) is 10.3 Å². The van der Waals surface area contributed by atoms with E-state index in [-0.39, 0.29) is 12.0 Å². The van der Waals surface area contributed by atoms with Gasteiger partial charge in [0, 0.05) is 31.6 Å². The number of amides is 1. The van der Waals surface area contributed by atoms with Gasteiger partial charge in [-0.25, -0.2) is 4.98 Å². The van der Waals surface area contributed by atoms with E-state index in [1.165, 1.54) is 0 Å². The van der Waals surface area contributed by atoms with Gasteiger partial charge in [-0.1, -0.05) is 0 Å². The number of benzene rings is 1. The van der Waals surface area contributed by atoms with Gasteiger partial charge in [0.15, 0.2) is 0 Å². The van der Waals surface area contributed by atoms with Gasteiger partial charge in [-0.2, -0.15) is 0 Å². The second-order valence-corrected chi connectivity index (χ2v) is 6.31. The third-order valence-electron chi connectivity index (χ3n) is 4.71. The Bertz CT molecular complexity index is 750. The number of fused-ring (bicyclic) bond motifs is 1. The summed E-state index contributed by atoms with van der Waals surface area (Å²) < 4.78 is 10.8. The molecule has 0 saturated carbocycles. The highest BCUT2D eigenvalue weighted by molar-refractivity contribution is 5.81. The Morgan fingerprint density at radius 2 is 2.20 bits per heavy atom. The molecule has 0 aliphatic carbocycles. The number of nitrogens with zero attached hydrogens (tertiary/aromatic N) is 2. The largest absolute Gasteiger partial charge is 0.497 e. The average Bonchev–Trinajstić information content (AvgIpc) is 3.11. The first kappa shape index (κ1) is 16.1. The second-order valence-electron chi connectivity index (χ2n) is 6.31. The molecule has 2 aromatic rings. The summed E-state index contributed by atoms with van der Waals surface area (Å²) in [4.78, 5) is 22.6. The molecule has 2 aliphatic heterocycles.